The van der Waals surface area contributed by atoms with E-state index in [1.54, 1.807) is 0 Å². The molecule has 0 saturated carbocycles. The molecule has 1 amide bonds. The van der Waals surface area contributed by atoms with E-state index in [4.69, 9.17) is 11.6 Å². The summed E-state index contributed by atoms with van der Waals surface area (Å²) in [6, 6.07) is 7.61. The van der Waals surface area contributed by atoms with Gasteiger partial charge in [-0.25, -0.2) is 0 Å². The molecule has 1 aromatic heterocycles. The molecule has 1 aromatic carbocycles. The fourth-order valence-electron chi connectivity index (χ4n) is 4.24. The summed E-state index contributed by atoms with van der Waals surface area (Å²) < 4.78 is 0. The first-order chi connectivity index (χ1) is 13.0. The Hall–Kier alpha value is -2.38. The van der Waals surface area contributed by atoms with Crippen molar-refractivity contribution >= 4 is 23.5 Å². The van der Waals surface area contributed by atoms with Crippen molar-refractivity contribution in [2.24, 2.45) is 5.92 Å². The molecule has 2 aliphatic rings. The van der Waals surface area contributed by atoms with Crippen LogP contribution in [0.4, 0.5) is 0 Å². The zero-order valence-corrected chi connectivity index (χ0v) is 15.5. The van der Waals surface area contributed by atoms with Crippen molar-refractivity contribution in [3.63, 3.8) is 0 Å². The lowest BCUT2D eigenvalue weighted by Crippen LogP contribution is -2.55. The van der Waals surface area contributed by atoms with Gasteiger partial charge in [0.25, 0.3) is 0 Å². The van der Waals surface area contributed by atoms with E-state index < -0.39 is 17.4 Å². The Balaban J connectivity index is 1.45. The molecule has 0 radical (unpaired) electrons. The molecule has 1 atom stereocenters. The number of amides is 1. The van der Waals surface area contributed by atoms with E-state index in [1.807, 2.05) is 30.5 Å². The first kappa shape index (κ1) is 18.0. The predicted molar refractivity (Wildman–Crippen MR) is 100 cm³/mol. The fraction of sp³-hybridized carbons (Fsp3) is 0.421. The molecule has 3 heterocycles. The van der Waals surface area contributed by atoms with Gasteiger partial charge >= 0.3 is 5.97 Å². The smallest absolute Gasteiger partial charge is 0.309 e. The average Bonchev–Trinajstić information content (AvgIpc) is 3.22. The summed E-state index contributed by atoms with van der Waals surface area (Å²) in [5.41, 5.74) is 2.46. The molecule has 2 aromatic rings. The summed E-state index contributed by atoms with van der Waals surface area (Å²) in [5.74, 6) is -1.68. The number of nitrogens with one attached hydrogen (secondary N) is 2. The van der Waals surface area contributed by atoms with Crippen LogP contribution in [0.2, 0.25) is 5.02 Å². The number of likely N-dealkylation sites (tertiary alicyclic amines) is 1. The lowest BCUT2D eigenvalue weighted by molar-refractivity contribution is -0.144. The average molecular weight is 389 g/mol. The Kier molecular flexibility index (Phi) is 4.65. The Morgan fingerprint density at radius 1 is 1.30 bits per heavy atom. The van der Waals surface area contributed by atoms with Crippen molar-refractivity contribution in [1.82, 2.24) is 20.4 Å². The van der Waals surface area contributed by atoms with Gasteiger partial charge < -0.3 is 10.4 Å². The quantitative estimate of drug-likeness (QED) is 0.746. The van der Waals surface area contributed by atoms with Crippen molar-refractivity contribution in [2.75, 3.05) is 13.1 Å². The van der Waals surface area contributed by atoms with E-state index in [9.17, 15) is 14.7 Å². The summed E-state index contributed by atoms with van der Waals surface area (Å²) in [6.45, 7) is 2.18. The summed E-state index contributed by atoms with van der Waals surface area (Å²) in [5, 5.41) is 20.3. The van der Waals surface area contributed by atoms with E-state index in [1.165, 1.54) is 0 Å². The minimum Gasteiger partial charge on any atom is -0.481 e. The zero-order chi connectivity index (χ0) is 19.0. The van der Waals surface area contributed by atoms with Gasteiger partial charge in [-0.15, -0.1) is 0 Å². The van der Waals surface area contributed by atoms with Crippen molar-refractivity contribution in [3.8, 4) is 11.3 Å². The number of hydrogen-bond donors (Lipinski definition) is 3. The maximum Gasteiger partial charge on any atom is 0.309 e. The maximum absolute atomic E-state index is 11.8. The number of carbonyl (C=O) groups is 2. The van der Waals surface area contributed by atoms with Gasteiger partial charge in [-0.2, -0.15) is 5.10 Å². The Morgan fingerprint density at radius 2 is 2.00 bits per heavy atom. The number of aliphatic carboxylic acids is 1. The summed E-state index contributed by atoms with van der Waals surface area (Å²) >= 11 is 5.97. The van der Waals surface area contributed by atoms with Crippen molar-refractivity contribution in [3.05, 3.63) is 41.0 Å². The first-order valence-electron chi connectivity index (χ1n) is 9.01. The number of hydrogen-bond acceptors (Lipinski definition) is 4. The number of rotatable bonds is 4. The molecule has 0 unspecified atom stereocenters. The van der Waals surface area contributed by atoms with E-state index >= 15 is 0 Å². The number of benzene rings is 1. The highest BCUT2D eigenvalue weighted by Gasteiger charge is 2.51. The Bertz CT molecular complexity index is 856. The molecular weight excluding hydrogens is 368 g/mol. The molecule has 3 N–H and O–H groups in total. The third-order valence-corrected chi connectivity index (χ3v) is 5.99. The van der Waals surface area contributed by atoms with Crippen LogP contribution in [0.25, 0.3) is 11.3 Å². The second kappa shape index (κ2) is 6.98. The fourth-order valence-corrected chi connectivity index (χ4v) is 4.37. The highest BCUT2D eigenvalue weighted by atomic mass is 35.5. The molecule has 7 nitrogen and oxygen atoms in total. The molecule has 142 valence electrons. The largest absolute Gasteiger partial charge is 0.481 e. The third-order valence-electron chi connectivity index (χ3n) is 5.74. The van der Waals surface area contributed by atoms with Gasteiger partial charge in [-0.05, 0) is 30.5 Å². The topological polar surface area (TPSA) is 98.3 Å². The molecule has 4 rings (SSSR count). The van der Waals surface area contributed by atoms with Crippen LogP contribution in [0.15, 0.2) is 30.5 Å². The van der Waals surface area contributed by atoms with Crippen LogP contribution in [0.5, 0.6) is 0 Å². The van der Waals surface area contributed by atoms with Crippen LogP contribution in [0.3, 0.4) is 0 Å². The number of aromatic nitrogens is 2. The lowest BCUT2D eigenvalue weighted by atomic mass is 9.77. The number of halogens is 1. The van der Waals surface area contributed by atoms with E-state index in [0.29, 0.717) is 17.9 Å². The van der Waals surface area contributed by atoms with E-state index in [2.05, 4.69) is 20.4 Å². The number of piperidine rings is 1. The van der Waals surface area contributed by atoms with Crippen molar-refractivity contribution in [1.29, 1.82) is 0 Å². The first-order valence-corrected chi connectivity index (χ1v) is 9.39. The van der Waals surface area contributed by atoms with Crippen LogP contribution in [-0.2, 0) is 16.1 Å². The number of carboxylic acid groups (broad SMARTS) is 1. The molecule has 27 heavy (non-hydrogen) atoms. The lowest BCUT2D eigenvalue weighted by Gasteiger charge is -2.41. The van der Waals surface area contributed by atoms with Crippen LogP contribution < -0.4 is 5.32 Å². The van der Waals surface area contributed by atoms with Gasteiger partial charge in [0.15, 0.2) is 0 Å². The van der Waals surface area contributed by atoms with Crippen molar-refractivity contribution in [2.45, 2.75) is 31.3 Å². The molecule has 2 saturated heterocycles. The van der Waals surface area contributed by atoms with Gasteiger partial charge in [-0.1, -0.05) is 23.7 Å². The number of H-pyrrole nitrogens is 1. The van der Waals surface area contributed by atoms with Gasteiger partial charge in [0.2, 0.25) is 5.91 Å². The number of carbonyl (C=O) groups excluding carboxylic acids is 1. The second-order valence-electron chi connectivity index (χ2n) is 7.35. The van der Waals surface area contributed by atoms with Gasteiger partial charge in [-0.3, -0.25) is 19.6 Å². The SMILES string of the molecule is O=C1C[C@H](C(=O)O)C2(CCN(Cc3cn[nH]c3-c3ccc(Cl)cc3)CC2)N1. The number of aromatic amines is 1. The normalized spacial score (nSPS) is 22.1. The third kappa shape index (κ3) is 3.44. The van der Waals surface area contributed by atoms with Crippen molar-refractivity contribution < 1.29 is 14.7 Å². The standard InChI is InChI=1S/C19H21ClN4O3/c20-14-3-1-12(2-4-14)17-13(10-21-23-17)11-24-7-5-19(6-8-24)15(18(26)27)9-16(25)22-19/h1-4,10,15H,5-9,11H2,(H,21,23)(H,22,25)(H,26,27)/t15-/m1/s1. The van der Waals surface area contributed by atoms with Crippen LogP contribution in [0, 0.1) is 5.92 Å². The molecule has 8 heteroatoms. The molecule has 2 fully saturated rings. The van der Waals surface area contributed by atoms with Gasteiger partial charge in [0.05, 0.1) is 23.3 Å². The highest BCUT2D eigenvalue weighted by Crippen LogP contribution is 2.37. The highest BCUT2D eigenvalue weighted by molar-refractivity contribution is 6.30. The van der Waals surface area contributed by atoms with Gasteiger partial charge in [0.1, 0.15) is 0 Å². The number of carboxylic acids is 1. The zero-order valence-electron chi connectivity index (χ0n) is 14.7. The molecule has 0 bridgehead atoms. The van der Waals surface area contributed by atoms with Crippen LogP contribution >= 0.6 is 11.6 Å². The van der Waals surface area contributed by atoms with E-state index in [0.717, 1.165) is 36.5 Å². The van der Waals surface area contributed by atoms with E-state index in [-0.39, 0.29) is 12.3 Å². The molecule has 2 aliphatic heterocycles. The Labute approximate surface area is 161 Å². The van der Waals surface area contributed by atoms with Crippen LogP contribution in [0.1, 0.15) is 24.8 Å². The summed E-state index contributed by atoms with van der Waals surface area (Å²) in [7, 11) is 0. The number of nitrogens with zero attached hydrogens (tertiary/aromatic N) is 2. The van der Waals surface area contributed by atoms with Crippen LogP contribution in [-0.4, -0.2) is 50.7 Å². The molecular formula is C19H21ClN4O3. The predicted octanol–water partition coefficient (Wildman–Crippen LogP) is 2.29. The second-order valence-corrected chi connectivity index (χ2v) is 7.79. The maximum atomic E-state index is 11.8. The minimum absolute atomic E-state index is 0.0811. The molecule has 1 spiro atoms. The molecule has 0 aliphatic carbocycles. The summed E-state index contributed by atoms with van der Waals surface area (Å²) in [6.07, 6.45) is 3.19. The van der Waals surface area contributed by atoms with Gasteiger partial charge in [0, 0.05) is 36.6 Å². The Morgan fingerprint density at radius 3 is 2.67 bits per heavy atom. The summed E-state index contributed by atoms with van der Waals surface area (Å²) in [4.78, 5) is 25.6. The minimum atomic E-state index is -0.887. The monoisotopic (exact) mass is 388 g/mol.